The molecule has 144 valence electrons. The zero-order valence-corrected chi connectivity index (χ0v) is 15.8. The first-order valence-electron chi connectivity index (χ1n) is 9.32. The van der Waals surface area contributed by atoms with Crippen molar-refractivity contribution >= 4 is 11.8 Å². The maximum Gasteiger partial charge on any atom is 0.242 e. The van der Waals surface area contributed by atoms with Gasteiger partial charge in [-0.2, -0.15) is 0 Å². The van der Waals surface area contributed by atoms with Crippen molar-refractivity contribution in [1.29, 1.82) is 0 Å². The maximum atomic E-state index is 12.9. The molecule has 1 saturated carbocycles. The lowest BCUT2D eigenvalue weighted by Gasteiger charge is -2.33. The minimum Gasteiger partial charge on any atom is -0.354 e. The van der Waals surface area contributed by atoms with Crippen LogP contribution in [0, 0.1) is 5.92 Å². The van der Waals surface area contributed by atoms with Gasteiger partial charge in [0.05, 0.1) is 0 Å². The molecule has 6 nitrogen and oxygen atoms in total. The van der Waals surface area contributed by atoms with E-state index in [2.05, 4.69) is 5.32 Å². The number of methoxy groups -OCH3 is 2. The molecule has 0 aromatic heterocycles. The fraction of sp³-hybridized carbons (Fsp3) is 0.600. The highest BCUT2D eigenvalue weighted by atomic mass is 16.7. The molecule has 0 spiro atoms. The van der Waals surface area contributed by atoms with Gasteiger partial charge in [0.1, 0.15) is 6.54 Å². The summed E-state index contributed by atoms with van der Waals surface area (Å²) in [6.07, 6.45) is 4.92. The van der Waals surface area contributed by atoms with Crippen LogP contribution in [0.5, 0.6) is 0 Å². The van der Waals surface area contributed by atoms with E-state index in [0.29, 0.717) is 6.54 Å². The third-order valence-electron chi connectivity index (χ3n) is 4.79. The smallest absolute Gasteiger partial charge is 0.242 e. The highest BCUT2D eigenvalue weighted by Gasteiger charge is 2.32. The maximum absolute atomic E-state index is 12.9. The monoisotopic (exact) mass is 362 g/mol. The van der Waals surface area contributed by atoms with Gasteiger partial charge in [0.2, 0.25) is 18.2 Å². The number of carbonyl (C=O) groups is 2. The van der Waals surface area contributed by atoms with Crippen LogP contribution in [-0.2, 0) is 25.5 Å². The molecule has 1 N–H and O–H groups in total. The summed E-state index contributed by atoms with van der Waals surface area (Å²) in [5.74, 6) is -0.311. The molecule has 0 saturated heterocycles. The molecule has 2 amide bonds. The number of benzene rings is 1. The molecule has 6 heteroatoms. The van der Waals surface area contributed by atoms with Crippen molar-refractivity contribution in [1.82, 2.24) is 10.2 Å². The molecule has 0 heterocycles. The summed E-state index contributed by atoms with van der Waals surface area (Å²) < 4.78 is 10.5. The molecule has 2 rings (SSSR count). The summed E-state index contributed by atoms with van der Waals surface area (Å²) in [4.78, 5) is 26.6. The summed E-state index contributed by atoms with van der Waals surface area (Å²) >= 11 is 0. The zero-order chi connectivity index (χ0) is 18.8. The Bertz CT molecular complexity index is 554. The van der Waals surface area contributed by atoms with Gasteiger partial charge in [-0.15, -0.1) is 0 Å². The van der Waals surface area contributed by atoms with Gasteiger partial charge >= 0.3 is 0 Å². The number of rotatable bonds is 9. The Labute approximate surface area is 155 Å². The Morgan fingerprint density at radius 1 is 1.12 bits per heavy atom. The second-order valence-corrected chi connectivity index (χ2v) is 6.67. The lowest BCUT2D eigenvalue weighted by Crippen LogP contribution is -2.50. The number of hydrogen-bond acceptors (Lipinski definition) is 4. The van der Waals surface area contributed by atoms with Crippen molar-refractivity contribution in [3.05, 3.63) is 35.9 Å². The van der Waals surface area contributed by atoms with E-state index in [1.807, 2.05) is 30.3 Å². The second-order valence-electron chi connectivity index (χ2n) is 6.67. The summed E-state index contributed by atoms with van der Waals surface area (Å²) in [6.45, 7) is 0.468. The van der Waals surface area contributed by atoms with Gasteiger partial charge in [0, 0.05) is 26.7 Å². The average Bonchev–Trinajstić information content (AvgIpc) is 2.69. The number of carbonyl (C=O) groups excluding carboxylic acids is 2. The fourth-order valence-electron chi connectivity index (χ4n) is 3.39. The van der Waals surface area contributed by atoms with E-state index in [9.17, 15) is 9.59 Å². The van der Waals surface area contributed by atoms with Gasteiger partial charge in [-0.05, 0) is 24.8 Å². The van der Waals surface area contributed by atoms with Crippen LogP contribution in [0.25, 0.3) is 0 Å². The summed E-state index contributed by atoms with van der Waals surface area (Å²) in [5, 5.41) is 2.88. The predicted octanol–water partition coefficient (Wildman–Crippen LogP) is 2.33. The minimum atomic E-state index is -0.843. The minimum absolute atomic E-state index is 0.0475. The topological polar surface area (TPSA) is 67.9 Å². The Morgan fingerprint density at radius 2 is 1.77 bits per heavy atom. The van der Waals surface area contributed by atoms with Crippen molar-refractivity contribution in [2.45, 2.75) is 44.9 Å². The van der Waals surface area contributed by atoms with Gasteiger partial charge in [-0.25, -0.2) is 0 Å². The molecule has 0 unspecified atom stereocenters. The molecule has 0 bridgehead atoms. The van der Waals surface area contributed by atoms with Gasteiger partial charge in [0.25, 0.3) is 0 Å². The van der Waals surface area contributed by atoms with Crippen LogP contribution in [0.1, 0.15) is 37.7 Å². The van der Waals surface area contributed by atoms with Crippen molar-refractivity contribution < 1.29 is 19.1 Å². The highest BCUT2D eigenvalue weighted by molar-refractivity contribution is 5.86. The van der Waals surface area contributed by atoms with Gasteiger partial charge < -0.3 is 14.8 Å². The standard InChI is InChI=1S/C20H30N2O4/c1-25-20(26-2)22(19(24)17-11-7-4-8-12-17)15-18(23)21-14-13-16-9-5-3-6-10-16/h3,5-6,9-10,17,20H,4,7-8,11-15H2,1-2H3,(H,21,23). The normalized spacial score (nSPS) is 15.0. The van der Waals surface area contributed by atoms with Crippen molar-refractivity contribution in [3.8, 4) is 0 Å². The number of hydrogen-bond donors (Lipinski definition) is 1. The summed E-state index contributed by atoms with van der Waals surface area (Å²) in [6, 6.07) is 9.97. The largest absolute Gasteiger partial charge is 0.354 e. The average molecular weight is 362 g/mol. The molecule has 1 aliphatic rings. The van der Waals surface area contributed by atoms with Crippen molar-refractivity contribution in [2.75, 3.05) is 27.3 Å². The Hall–Kier alpha value is -1.92. The van der Waals surface area contributed by atoms with Crippen LogP contribution in [0.15, 0.2) is 30.3 Å². The quantitative estimate of drug-likeness (QED) is 0.685. The third-order valence-corrected chi connectivity index (χ3v) is 4.79. The fourth-order valence-corrected chi connectivity index (χ4v) is 3.39. The van der Waals surface area contributed by atoms with Crippen LogP contribution >= 0.6 is 0 Å². The van der Waals surface area contributed by atoms with Gasteiger partial charge in [-0.1, -0.05) is 49.6 Å². The number of amides is 2. The van der Waals surface area contributed by atoms with E-state index in [0.717, 1.165) is 37.7 Å². The lowest BCUT2D eigenvalue weighted by atomic mass is 9.88. The van der Waals surface area contributed by atoms with E-state index in [1.54, 1.807) is 0 Å². The first-order chi connectivity index (χ1) is 12.7. The van der Waals surface area contributed by atoms with Crippen LogP contribution in [0.4, 0.5) is 0 Å². The molecule has 0 aliphatic heterocycles. The first-order valence-corrected chi connectivity index (χ1v) is 9.32. The zero-order valence-electron chi connectivity index (χ0n) is 15.8. The Kier molecular flexibility index (Phi) is 8.58. The van der Waals surface area contributed by atoms with Crippen molar-refractivity contribution in [3.63, 3.8) is 0 Å². The van der Waals surface area contributed by atoms with Gasteiger partial charge in [0.15, 0.2) is 0 Å². The Morgan fingerprint density at radius 3 is 2.38 bits per heavy atom. The van der Waals surface area contributed by atoms with Crippen LogP contribution in [0.3, 0.4) is 0 Å². The molecule has 1 aromatic rings. The third kappa shape index (κ3) is 6.11. The van der Waals surface area contributed by atoms with Crippen LogP contribution in [-0.4, -0.2) is 50.4 Å². The summed E-state index contributed by atoms with van der Waals surface area (Å²) in [7, 11) is 2.95. The number of nitrogens with one attached hydrogen (secondary N) is 1. The van der Waals surface area contributed by atoms with E-state index >= 15 is 0 Å². The molecule has 26 heavy (non-hydrogen) atoms. The predicted molar refractivity (Wildman–Crippen MR) is 99.2 cm³/mol. The van der Waals surface area contributed by atoms with Crippen LogP contribution < -0.4 is 5.32 Å². The molecule has 0 radical (unpaired) electrons. The lowest BCUT2D eigenvalue weighted by molar-refractivity contribution is -0.205. The SMILES string of the molecule is COC(OC)N(CC(=O)NCCc1ccccc1)C(=O)C1CCCCC1. The van der Waals surface area contributed by atoms with E-state index in [-0.39, 0.29) is 24.3 Å². The number of nitrogens with zero attached hydrogens (tertiary/aromatic N) is 1. The molecule has 1 aromatic carbocycles. The van der Waals surface area contributed by atoms with Crippen LogP contribution in [0.2, 0.25) is 0 Å². The van der Waals surface area contributed by atoms with Gasteiger partial charge in [-0.3, -0.25) is 14.5 Å². The second kappa shape index (κ2) is 10.9. The van der Waals surface area contributed by atoms with E-state index in [1.165, 1.54) is 25.5 Å². The molecular weight excluding hydrogens is 332 g/mol. The van der Waals surface area contributed by atoms with E-state index in [4.69, 9.17) is 9.47 Å². The summed E-state index contributed by atoms with van der Waals surface area (Å²) in [5.41, 5.74) is 1.16. The molecule has 1 fully saturated rings. The molecule has 0 atom stereocenters. The Balaban J connectivity index is 1.90. The number of ether oxygens (including phenoxy) is 2. The first kappa shape index (κ1) is 20.4. The van der Waals surface area contributed by atoms with Crippen molar-refractivity contribution in [2.24, 2.45) is 5.92 Å². The highest BCUT2D eigenvalue weighted by Crippen LogP contribution is 2.26. The van der Waals surface area contributed by atoms with E-state index < -0.39 is 6.41 Å². The molecule has 1 aliphatic carbocycles. The molecular formula is C20H30N2O4.